The smallest absolute Gasteiger partial charge is 0.255 e. The molecule has 0 bridgehead atoms. The van der Waals surface area contributed by atoms with Gasteiger partial charge in [0.05, 0.1) is 16.0 Å². The highest BCUT2D eigenvalue weighted by Gasteiger charge is 2.09. The molecule has 0 spiro atoms. The molecule has 0 aliphatic heterocycles. The standard InChI is InChI=1S/C22H16ClN3O2S2/c23-15-5-3-4-14(12-15)21(28)24-16-8-10-17(11-9-16)29-13-20(27)26-22-25-18-6-1-2-7-19(18)30-22/h1-12H,13H2,(H,24,28)(H,25,26,27). The Balaban J connectivity index is 1.30. The van der Waals surface area contributed by atoms with E-state index in [1.54, 1.807) is 36.4 Å². The topological polar surface area (TPSA) is 71.1 Å². The lowest BCUT2D eigenvalue weighted by molar-refractivity contribution is -0.113. The summed E-state index contributed by atoms with van der Waals surface area (Å²) in [6.45, 7) is 0. The van der Waals surface area contributed by atoms with Crippen molar-refractivity contribution in [2.45, 2.75) is 4.90 Å². The Bertz CT molecular complexity index is 1180. The van der Waals surface area contributed by atoms with Crippen molar-refractivity contribution in [3.63, 3.8) is 0 Å². The molecule has 3 aromatic carbocycles. The van der Waals surface area contributed by atoms with Crippen LogP contribution in [0.1, 0.15) is 10.4 Å². The summed E-state index contributed by atoms with van der Waals surface area (Å²) >= 11 is 8.79. The van der Waals surface area contributed by atoms with E-state index in [-0.39, 0.29) is 17.6 Å². The van der Waals surface area contributed by atoms with E-state index in [0.717, 1.165) is 15.1 Å². The van der Waals surface area contributed by atoms with Crippen LogP contribution in [0.15, 0.2) is 77.7 Å². The maximum Gasteiger partial charge on any atom is 0.255 e. The maximum absolute atomic E-state index is 12.3. The Hall–Kier alpha value is -2.87. The first-order valence-electron chi connectivity index (χ1n) is 9.02. The van der Waals surface area contributed by atoms with Gasteiger partial charge in [-0.3, -0.25) is 9.59 Å². The molecule has 0 fully saturated rings. The van der Waals surface area contributed by atoms with E-state index in [1.165, 1.54) is 23.1 Å². The Morgan fingerprint density at radius 2 is 1.77 bits per heavy atom. The number of benzene rings is 3. The number of amides is 2. The highest BCUT2D eigenvalue weighted by Crippen LogP contribution is 2.26. The van der Waals surface area contributed by atoms with E-state index in [2.05, 4.69) is 15.6 Å². The van der Waals surface area contributed by atoms with Crippen molar-refractivity contribution in [3.05, 3.63) is 83.4 Å². The van der Waals surface area contributed by atoms with E-state index in [0.29, 0.717) is 21.4 Å². The summed E-state index contributed by atoms with van der Waals surface area (Å²) in [5.74, 6) is -0.0741. The number of thiazole rings is 1. The van der Waals surface area contributed by atoms with Crippen molar-refractivity contribution in [1.29, 1.82) is 0 Å². The highest BCUT2D eigenvalue weighted by atomic mass is 35.5. The number of rotatable bonds is 6. The number of hydrogen-bond donors (Lipinski definition) is 2. The summed E-state index contributed by atoms with van der Waals surface area (Å²) in [4.78, 5) is 29.8. The lowest BCUT2D eigenvalue weighted by Crippen LogP contribution is -2.13. The molecule has 0 aliphatic rings. The van der Waals surface area contributed by atoms with Crippen LogP contribution in [0.4, 0.5) is 10.8 Å². The van der Waals surface area contributed by atoms with Crippen molar-refractivity contribution < 1.29 is 9.59 Å². The van der Waals surface area contributed by atoms with Crippen LogP contribution < -0.4 is 10.6 Å². The Morgan fingerprint density at radius 3 is 2.53 bits per heavy atom. The molecule has 4 rings (SSSR count). The molecular formula is C22H16ClN3O2S2. The van der Waals surface area contributed by atoms with Gasteiger partial charge in [0.15, 0.2) is 5.13 Å². The number of fused-ring (bicyclic) bond motifs is 1. The van der Waals surface area contributed by atoms with E-state index in [1.807, 2.05) is 36.4 Å². The van der Waals surface area contributed by atoms with Crippen LogP contribution in [0, 0.1) is 0 Å². The third-order valence-electron chi connectivity index (χ3n) is 4.11. The van der Waals surface area contributed by atoms with Crippen molar-refractivity contribution >= 4 is 67.5 Å². The van der Waals surface area contributed by atoms with Gasteiger partial charge in [-0.2, -0.15) is 0 Å². The average Bonchev–Trinajstić information content (AvgIpc) is 3.15. The quantitative estimate of drug-likeness (QED) is 0.355. The zero-order chi connectivity index (χ0) is 20.9. The maximum atomic E-state index is 12.3. The van der Waals surface area contributed by atoms with Crippen LogP contribution in [-0.2, 0) is 4.79 Å². The van der Waals surface area contributed by atoms with Crippen LogP contribution in [0.2, 0.25) is 5.02 Å². The summed E-state index contributed by atoms with van der Waals surface area (Å²) in [6.07, 6.45) is 0. The molecule has 0 atom stereocenters. The second-order valence-electron chi connectivity index (χ2n) is 6.31. The number of halogens is 1. The molecule has 2 amide bonds. The summed E-state index contributed by atoms with van der Waals surface area (Å²) in [5, 5.41) is 6.78. The van der Waals surface area contributed by atoms with Gasteiger partial charge in [0.1, 0.15) is 0 Å². The van der Waals surface area contributed by atoms with Gasteiger partial charge >= 0.3 is 0 Å². The number of nitrogens with zero attached hydrogens (tertiary/aromatic N) is 1. The number of nitrogens with one attached hydrogen (secondary N) is 2. The van der Waals surface area contributed by atoms with Gasteiger partial charge in [-0.25, -0.2) is 4.98 Å². The minimum Gasteiger partial charge on any atom is -0.322 e. The van der Waals surface area contributed by atoms with Crippen LogP contribution in [-0.4, -0.2) is 22.6 Å². The van der Waals surface area contributed by atoms with Crippen molar-refractivity contribution in [2.24, 2.45) is 0 Å². The number of hydrogen-bond acceptors (Lipinski definition) is 5. The van der Waals surface area contributed by atoms with Crippen LogP contribution in [0.25, 0.3) is 10.2 Å². The van der Waals surface area contributed by atoms with Gasteiger partial charge in [0, 0.05) is 21.2 Å². The molecule has 30 heavy (non-hydrogen) atoms. The van der Waals surface area contributed by atoms with Gasteiger partial charge in [-0.1, -0.05) is 41.1 Å². The minimum absolute atomic E-state index is 0.114. The fourth-order valence-corrected chi connectivity index (χ4v) is 4.47. The molecule has 0 radical (unpaired) electrons. The summed E-state index contributed by atoms with van der Waals surface area (Å²) in [6, 6.07) is 21.9. The fraction of sp³-hybridized carbons (Fsp3) is 0.0455. The number of carbonyl (C=O) groups excluding carboxylic acids is 2. The Kier molecular flexibility index (Phi) is 6.32. The monoisotopic (exact) mass is 453 g/mol. The van der Waals surface area contributed by atoms with E-state index < -0.39 is 0 Å². The third kappa shape index (κ3) is 5.18. The van der Waals surface area contributed by atoms with Crippen molar-refractivity contribution in [2.75, 3.05) is 16.4 Å². The zero-order valence-electron chi connectivity index (χ0n) is 15.6. The lowest BCUT2D eigenvalue weighted by Gasteiger charge is -2.07. The van der Waals surface area contributed by atoms with Gasteiger partial charge < -0.3 is 10.6 Å². The van der Waals surface area contributed by atoms with E-state index in [9.17, 15) is 9.59 Å². The third-order valence-corrected chi connectivity index (χ3v) is 6.31. The molecule has 5 nitrogen and oxygen atoms in total. The molecule has 150 valence electrons. The van der Waals surface area contributed by atoms with Crippen LogP contribution in [0.3, 0.4) is 0 Å². The van der Waals surface area contributed by atoms with Gasteiger partial charge in [0.25, 0.3) is 5.91 Å². The first-order valence-corrected chi connectivity index (χ1v) is 11.2. The first-order chi connectivity index (χ1) is 14.6. The van der Waals surface area contributed by atoms with E-state index in [4.69, 9.17) is 11.6 Å². The van der Waals surface area contributed by atoms with Crippen molar-refractivity contribution in [3.8, 4) is 0 Å². The molecule has 0 unspecified atom stereocenters. The SMILES string of the molecule is O=C(CSc1ccc(NC(=O)c2cccc(Cl)c2)cc1)Nc1nc2ccccc2s1. The molecule has 0 aliphatic carbocycles. The predicted molar refractivity (Wildman–Crippen MR) is 125 cm³/mol. The normalized spacial score (nSPS) is 10.7. The van der Waals surface area contributed by atoms with Gasteiger partial charge in [0.2, 0.25) is 5.91 Å². The summed E-state index contributed by atoms with van der Waals surface area (Å²) in [7, 11) is 0. The summed E-state index contributed by atoms with van der Waals surface area (Å²) < 4.78 is 1.04. The predicted octanol–water partition coefficient (Wildman–Crippen LogP) is 5.93. The second-order valence-corrected chi connectivity index (χ2v) is 8.83. The molecule has 1 heterocycles. The molecule has 4 aromatic rings. The fourth-order valence-electron chi connectivity index (χ4n) is 2.70. The lowest BCUT2D eigenvalue weighted by atomic mass is 10.2. The van der Waals surface area contributed by atoms with Crippen LogP contribution in [0.5, 0.6) is 0 Å². The van der Waals surface area contributed by atoms with Gasteiger partial charge in [-0.05, 0) is 54.6 Å². The summed E-state index contributed by atoms with van der Waals surface area (Å²) in [5.41, 5.74) is 2.04. The number of thioether (sulfide) groups is 1. The van der Waals surface area contributed by atoms with Gasteiger partial charge in [-0.15, -0.1) is 11.8 Å². The van der Waals surface area contributed by atoms with Crippen LogP contribution >= 0.6 is 34.7 Å². The Labute approximate surface area is 186 Å². The molecule has 1 aromatic heterocycles. The highest BCUT2D eigenvalue weighted by molar-refractivity contribution is 8.00. The number of para-hydroxylation sites is 1. The number of carbonyl (C=O) groups is 2. The number of anilines is 2. The second kappa shape index (κ2) is 9.30. The zero-order valence-corrected chi connectivity index (χ0v) is 18.0. The first kappa shape index (κ1) is 20.4. The molecule has 0 saturated carbocycles. The number of aromatic nitrogens is 1. The minimum atomic E-state index is -0.229. The molecule has 2 N–H and O–H groups in total. The van der Waals surface area contributed by atoms with Crippen molar-refractivity contribution in [1.82, 2.24) is 4.98 Å². The average molecular weight is 454 g/mol. The van der Waals surface area contributed by atoms with E-state index >= 15 is 0 Å². The Morgan fingerprint density at radius 1 is 0.967 bits per heavy atom. The molecule has 8 heteroatoms. The molecule has 0 saturated heterocycles. The molecular weight excluding hydrogens is 438 g/mol. The largest absolute Gasteiger partial charge is 0.322 e.